The molecule has 0 saturated heterocycles. The van der Waals surface area contributed by atoms with Gasteiger partial charge in [-0.05, 0) is 87.5 Å². The van der Waals surface area contributed by atoms with Gasteiger partial charge in [0.15, 0.2) is 16.6 Å². The molecule has 2 aromatic rings. The summed E-state index contributed by atoms with van der Waals surface area (Å²) in [5.74, 6) is -3.44. The summed E-state index contributed by atoms with van der Waals surface area (Å²) in [6, 6.07) is 9.59. The molecule has 0 unspecified atom stereocenters. The Balaban J connectivity index is 2.17. The highest BCUT2D eigenvalue weighted by molar-refractivity contribution is 6.71. The van der Waals surface area contributed by atoms with Gasteiger partial charge in [0.25, 0.3) is 11.8 Å². The molecule has 0 fully saturated rings. The molecule has 2 amide bonds. The highest BCUT2D eigenvalue weighted by Crippen LogP contribution is 2.27. The number of nitrogens with one attached hydrogen (secondary N) is 2. The third-order valence-corrected chi connectivity index (χ3v) is 12.1. The van der Waals surface area contributed by atoms with E-state index in [4.69, 9.17) is 13.6 Å². The van der Waals surface area contributed by atoms with Gasteiger partial charge in [0.05, 0.1) is 22.3 Å². The van der Waals surface area contributed by atoms with E-state index in [1.54, 1.807) is 14.2 Å². The number of ether oxygens (including phenoxy) is 1. The Morgan fingerprint density at radius 3 is 1.51 bits per heavy atom. The van der Waals surface area contributed by atoms with Crippen molar-refractivity contribution in [3.05, 3.63) is 58.7 Å². The van der Waals surface area contributed by atoms with Gasteiger partial charge in [-0.25, -0.2) is 9.59 Å². The third-order valence-electron chi connectivity index (χ3n) is 6.76. The molecular weight excluding hydrogens is 564 g/mol. The number of carbonyl (C=O) groups is 4. The van der Waals surface area contributed by atoms with Crippen molar-refractivity contribution in [3.8, 4) is 11.5 Å². The first kappa shape index (κ1) is 33.7. The van der Waals surface area contributed by atoms with Crippen LogP contribution in [0, 0.1) is 0 Å². The molecule has 0 aliphatic heterocycles. The number of hydrogen-bond acceptors (Lipinski definition) is 7. The second-order valence-corrected chi connectivity index (χ2v) is 19.6. The average molecular weight is 605 g/mol. The molecule has 0 aromatic heterocycles. The van der Waals surface area contributed by atoms with Crippen LogP contribution in [0.4, 0.5) is 0 Å². The molecule has 0 aliphatic carbocycles. The molecule has 4 N–H and O–H groups in total. The van der Waals surface area contributed by atoms with Crippen LogP contribution in [0.2, 0.25) is 38.3 Å². The molecular formula is C28H40N2O9Si2. The topological polar surface area (TPSA) is 160 Å². The van der Waals surface area contributed by atoms with Crippen LogP contribution in [0.15, 0.2) is 36.4 Å². The quantitative estimate of drug-likeness (QED) is 0.156. The number of carboxylic acid groups (broad SMARTS) is 2. The second-order valence-electron chi connectivity index (χ2n) is 10.8. The van der Waals surface area contributed by atoms with Crippen LogP contribution in [-0.2, 0) is 8.85 Å². The van der Waals surface area contributed by atoms with Crippen molar-refractivity contribution in [2.45, 2.75) is 51.1 Å². The predicted octanol–water partition coefficient (Wildman–Crippen LogP) is 4.82. The first-order valence-electron chi connectivity index (χ1n) is 13.3. The first-order chi connectivity index (χ1) is 19.2. The van der Waals surface area contributed by atoms with Crippen LogP contribution < -0.4 is 15.4 Å². The van der Waals surface area contributed by atoms with Gasteiger partial charge in [-0.15, -0.1) is 0 Å². The molecule has 2 rings (SSSR count). The van der Waals surface area contributed by atoms with E-state index in [0.717, 1.165) is 12.1 Å². The van der Waals surface area contributed by atoms with Gasteiger partial charge in [-0.3, -0.25) is 9.59 Å². The molecule has 0 heterocycles. The van der Waals surface area contributed by atoms with Gasteiger partial charge in [0.1, 0.15) is 11.5 Å². The lowest BCUT2D eigenvalue weighted by Gasteiger charge is -2.19. The van der Waals surface area contributed by atoms with Crippen LogP contribution in [0.3, 0.4) is 0 Å². The molecule has 0 aliphatic rings. The zero-order chi connectivity index (χ0) is 30.8. The van der Waals surface area contributed by atoms with Gasteiger partial charge in [-0.1, -0.05) is 0 Å². The van der Waals surface area contributed by atoms with E-state index in [2.05, 4.69) is 36.8 Å². The van der Waals surface area contributed by atoms with E-state index >= 15 is 0 Å². The summed E-state index contributed by atoms with van der Waals surface area (Å²) in [6.45, 7) is 9.02. The Bertz CT molecular complexity index is 1270. The molecule has 13 heteroatoms. The average Bonchev–Trinajstić information content (AvgIpc) is 2.93. The Hall–Kier alpha value is -3.53. The van der Waals surface area contributed by atoms with Crippen molar-refractivity contribution in [1.29, 1.82) is 0 Å². The van der Waals surface area contributed by atoms with Gasteiger partial charge in [-0.2, -0.15) is 0 Å². The zero-order valence-electron chi connectivity index (χ0n) is 24.5. The van der Waals surface area contributed by atoms with Crippen molar-refractivity contribution in [2.75, 3.05) is 27.3 Å². The molecule has 0 bridgehead atoms. The Kier molecular flexibility index (Phi) is 12.3. The normalized spacial score (nSPS) is 11.6. The van der Waals surface area contributed by atoms with Crippen molar-refractivity contribution < 1.29 is 43.0 Å². The number of aromatic carboxylic acids is 2. The zero-order valence-corrected chi connectivity index (χ0v) is 26.5. The largest absolute Gasteiger partial charge is 0.478 e. The van der Waals surface area contributed by atoms with Crippen LogP contribution in [-0.4, -0.2) is 77.9 Å². The number of rotatable bonds is 16. The molecule has 11 nitrogen and oxygen atoms in total. The van der Waals surface area contributed by atoms with Crippen molar-refractivity contribution >= 4 is 40.4 Å². The van der Waals surface area contributed by atoms with E-state index in [0.29, 0.717) is 25.9 Å². The van der Waals surface area contributed by atoms with Crippen molar-refractivity contribution in [2.24, 2.45) is 0 Å². The summed E-state index contributed by atoms with van der Waals surface area (Å²) >= 11 is 0. The fourth-order valence-electron chi connectivity index (χ4n) is 3.89. The lowest BCUT2D eigenvalue weighted by atomic mass is 10.1. The number of hydrogen-bond donors (Lipinski definition) is 4. The van der Waals surface area contributed by atoms with Crippen LogP contribution in [0.25, 0.3) is 0 Å². The molecule has 224 valence electrons. The first-order valence-corrected chi connectivity index (χ1v) is 19.5. The minimum absolute atomic E-state index is 0.0194. The van der Waals surface area contributed by atoms with Gasteiger partial charge >= 0.3 is 11.9 Å². The van der Waals surface area contributed by atoms with E-state index in [-0.39, 0.29) is 33.8 Å². The summed E-state index contributed by atoms with van der Waals surface area (Å²) < 4.78 is 16.8. The SMILES string of the molecule is CO[Si](C)(C)CCCNC(=O)c1ccc(Oc2ccc(C(=O)O)c(C(=O)NCCC[Si](C)(C)OC)c2)cc1C(=O)O. The number of benzene rings is 2. The maximum absolute atomic E-state index is 12.8. The van der Waals surface area contributed by atoms with E-state index in [9.17, 15) is 29.4 Å². The van der Waals surface area contributed by atoms with Crippen LogP contribution in [0.5, 0.6) is 11.5 Å². The lowest BCUT2D eigenvalue weighted by Crippen LogP contribution is -2.31. The maximum atomic E-state index is 12.8. The fourth-order valence-corrected chi connectivity index (χ4v) is 6.35. The highest BCUT2D eigenvalue weighted by Gasteiger charge is 2.23. The summed E-state index contributed by atoms with van der Waals surface area (Å²) in [4.78, 5) is 49.2. The third kappa shape index (κ3) is 10.4. The molecule has 0 atom stereocenters. The fraction of sp³-hybridized carbons (Fsp3) is 0.429. The summed E-state index contributed by atoms with van der Waals surface area (Å²) in [7, 11) is -0.201. The minimum atomic E-state index is -1.79. The van der Waals surface area contributed by atoms with Gasteiger partial charge < -0.3 is 34.4 Å². The molecule has 41 heavy (non-hydrogen) atoms. The number of amides is 2. The van der Waals surface area contributed by atoms with E-state index in [1.165, 1.54) is 36.4 Å². The van der Waals surface area contributed by atoms with E-state index in [1.807, 2.05) is 0 Å². The Morgan fingerprint density at radius 2 is 1.07 bits per heavy atom. The van der Waals surface area contributed by atoms with Gasteiger partial charge in [0.2, 0.25) is 0 Å². The molecule has 0 radical (unpaired) electrons. The monoisotopic (exact) mass is 604 g/mol. The van der Waals surface area contributed by atoms with Crippen molar-refractivity contribution in [1.82, 2.24) is 10.6 Å². The Morgan fingerprint density at radius 1 is 0.659 bits per heavy atom. The number of carbonyl (C=O) groups excluding carboxylic acids is 2. The minimum Gasteiger partial charge on any atom is -0.478 e. The summed E-state index contributed by atoms with van der Waals surface area (Å²) in [5, 5.41) is 24.8. The molecule has 2 aromatic carbocycles. The van der Waals surface area contributed by atoms with E-state index < -0.39 is 40.4 Å². The van der Waals surface area contributed by atoms with Crippen molar-refractivity contribution in [3.63, 3.8) is 0 Å². The highest BCUT2D eigenvalue weighted by atomic mass is 28.4. The summed E-state index contributed by atoms with van der Waals surface area (Å²) in [6.07, 6.45) is 1.39. The molecule has 0 spiro atoms. The van der Waals surface area contributed by atoms with Crippen LogP contribution >= 0.6 is 0 Å². The number of carboxylic acids is 2. The predicted molar refractivity (Wildman–Crippen MR) is 159 cm³/mol. The Labute approximate surface area is 242 Å². The van der Waals surface area contributed by atoms with Gasteiger partial charge in [0, 0.05) is 27.3 Å². The van der Waals surface area contributed by atoms with Crippen LogP contribution in [0.1, 0.15) is 54.3 Å². The molecule has 0 saturated carbocycles. The second kappa shape index (κ2) is 14.9. The smallest absolute Gasteiger partial charge is 0.336 e. The maximum Gasteiger partial charge on any atom is 0.336 e. The summed E-state index contributed by atoms with van der Waals surface area (Å²) in [5.41, 5.74) is -0.563. The standard InChI is InChI=1S/C28H40N2O9Si2/c1-37-40(3,4)15-7-13-29-25(31)21-11-9-20(18-24(21)28(35)36)39-19-10-12-22(27(33)34)23(17-19)26(32)30-14-8-16-41(5,6)38-2/h9-12,17-18H,7-8,13-16H2,1-6H3,(H,29,31)(H,30,32)(H,33,34)(H,35,36). The lowest BCUT2D eigenvalue weighted by molar-refractivity contribution is 0.0682.